The number of ether oxygens (including phenoxy) is 2. The summed E-state index contributed by atoms with van der Waals surface area (Å²) in [5.41, 5.74) is 4.15. The summed E-state index contributed by atoms with van der Waals surface area (Å²) in [6.07, 6.45) is 2.79. The van der Waals surface area contributed by atoms with Crippen LogP contribution >= 0.6 is 11.6 Å². The van der Waals surface area contributed by atoms with Crippen LogP contribution in [0.5, 0.6) is 0 Å². The van der Waals surface area contributed by atoms with Crippen LogP contribution in [0.25, 0.3) is 0 Å². The summed E-state index contributed by atoms with van der Waals surface area (Å²) in [6.45, 7) is 7.84. The van der Waals surface area contributed by atoms with Gasteiger partial charge in [0.2, 0.25) is 0 Å². The number of halogens is 1. The van der Waals surface area contributed by atoms with Gasteiger partial charge in [-0.2, -0.15) is 0 Å². The molecule has 11 heteroatoms. The van der Waals surface area contributed by atoms with Crippen molar-refractivity contribution in [1.82, 2.24) is 19.9 Å². The molecule has 1 aromatic carbocycles. The first-order valence-electron chi connectivity index (χ1n) is 10.4. The van der Waals surface area contributed by atoms with E-state index in [1.54, 1.807) is 27.7 Å². The maximum absolute atomic E-state index is 11.8. The largest absolute Gasteiger partial charge is 0.462 e. The van der Waals surface area contributed by atoms with Crippen LogP contribution in [-0.2, 0) is 20.9 Å². The molecule has 0 radical (unpaired) electrons. The second-order valence-electron chi connectivity index (χ2n) is 6.62. The Morgan fingerprint density at radius 1 is 0.882 bits per heavy atom. The molecule has 180 valence electrons. The molecule has 0 aliphatic rings. The average molecular weight is 488 g/mol. The van der Waals surface area contributed by atoms with E-state index in [-0.39, 0.29) is 22.9 Å². The number of carbonyl (C=O) groups is 2. The number of aromatic nitrogens is 4. The summed E-state index contributed by atoms with van der Waals surface area (Å²) in [7, 11) is 0. The second kappa shape index (κ2) is 13.8. The molecule has 0 aliphatic heterocycles. The molecule has 3 aromatic rings. The van der Waals surface area contributed by atoms with E-state index in [1.807, 2.05) is 30.3 Å². The van der Waals surface area contributed by atoms with Crippen LogP contribution in [0.3, 0.4) is 0 Å². The molecule has 0 bridgehead atoms. The molecule has 0 unspecified atom stereocenters. The zero-order chi connectivity index (χ0) is 24.9. The van der Waals surface area contributed by atoms with Crippen LogP contribution in [0.15, 0.2) is 42.7 Å². The highest BCUT2D eigenvalue weighted by atomic mass is 35.5. The van der Waals surface area contributed by atoms with Crippen molar-refractivity contribution in [3.05, 3.63) is 76.2 Å². The SMILES string of the molecule is CCOC(=O)c1cnc(C)nc1Cl.CCOC(=O)c1cnc(C)nc1NOCc1ccccc1. The fourth-order valence-electron chi connectivity index (χ4n) is 2.46. The molecule has 0 aliphatic carbocycles. The summed E-state index contributed by atoms with van der Waals surface area (Å²) in [5.74, 6) is 0.389. The molecule has 2 aromatic heterocycles. The van der Waals surface area contributed by atoms with Crippen LogP contribution in [0.1, 0.15) is 51.8 Å². The molecule has 0 amide bonds. The third kappa shape index (κ3) is 8.38. The quantitative estimate of drug-likeness (QED) is 0.281. The van der Waals surface area contributed by atoms with Gasteiger partial charge in [-0.05, 0) is 33.3 Å². The third-order valence-corrected chi connectivity index (χ3v) is 4.30. The van der Waals surface area contributed by atoms with Gasteiger partial charge in [0.1, 0.15) is 27.9 Å². The zero-order valence-corrected chi connectivity index (χ0v) is 20.1. The number of anilines is 1. The topological polar surface area (TPSA) is 125 Å². The number of nitrogens with zero attached hydrogens (tertiary/aromatic N) is 4. The molecule has 0 saturated carbocycles. The number of esters is 2. The van der Waals surface area contributed by atoms with Crippen molar-refractivity contribution in [3.8, 4) is 0 Å². The molecule has 34 heavy (non-hydrogen) atoms. The summed E-state index contributed by atoms with van der Waals surface area (Å²) in [6, 6.07) is 9.68. The fourth-order valence-corrected chi connectivity index (χ4v) is 2.70. The number of hydrogen-bond donors (Lipinski definition) is 1. The number of benzene rings is 1. The predicted molar refractivity (Wildman–Crippen MR) is 125 cm³/mol. The highest BCUT2D eigenvalue weighted by Gasteiger charge is 2.15. The molecule has 3 rings (SSSR count). The summed E-state index contributed by atoms with van der Waals surface area (Å²) >= 11 is 5.71. The molecular formula is C23H26ClN5O5. The Kier molecular flexibility index (Phi) is 10.8. The lowest BCUT2D eigenvalue weighted by Crippen LogP contribution is -2.13. The monoisotopic (exact) mass is 487 g/mol. The van der Waals surface area contributed by atoms with Crippen molar-refractivity contribution in [1.29, 1.82) is 0 Å². The van der Waals surface area contributed by atoms with E-state index in [9.17, 15) is 9.59 Å². The van der Waals surface area contributed by atoms with Gasteiger partial charge in [0.05, 0.1) is 19.8 Å². The minimum atomic E-state index is -0.493. The Labute approximate surface area is 202 Å². The number of aryl methyl sites for hydroxylation is 2. The maximum atomic E-state index is 11.8. The van der Waals surface area contributed by atoms with Gasteiger partial charge in [-0.25, -0.2) is 35.0 Å². The lowest BCUT2D eigenvalue weighted by molar-refractivity contribution is 0.0515. The first-order chi connectivity index (χ1) is 16.3. The standard InChI is InChI=1S/C15H17N3O3.C8H9ClN2O2/c1-3-20-15(19)13-9-16-11(2)17-14(13)18-21-10-12-7-5-4-6-8-12;1-3-13-8(12)6-4-10-5(2)11-7(6)9/h4-9H,3,10H2,1-2H3,(H,16,17,18);4H,3H2,1-2H3. The van der Waals surface area contributed by atoms with Gasteiger partial charge in [0.15, 0.2) is 5.82 Å². The molecule has 2 heterocycles. The van der Waals surface area contributed by atoms with Crippen LogP contribution in [0.4, 0.5) is 5.82 Å². The number of rotatable bonds is 8. The molecule has 0 fully saturated rings. The van der Waals surface area contributed by atoms with Crippen molar-refractivity contribution >= 4 is 29.4 Å². The molecule has 1 N–H and O–H groups in total. The van der Waals surface area contributed by atoms with Crippen molar-refractivity contribution in [2.24, 2.45) is 0 Å². The van der Waals surface area contributed by atoms with E-state index in [2.05, 4.69) is 25.4 Å². The normalized spacial score (nSPS) is 10.0. The fraction of sp³-hybridized carbons (Fsp3) is 0.304. The Hall–Kier alpha value is -3.63. The first-order valence-corrected chi connectivity index (χ1v) is 10.8. The highest BCUT2D eigenvalue weighted by molar-refractivity contribution is 6.32. The van der Waals surface area contributed by atoms with Gasteiger partial charge in [-0.3, -0.25) is 4.84 Å². The van der Waals surface area contributed by atoms with Crippen molar-refractivity contribution in [2.45, 2.75) is 34.3 Å². The lowest BCUT2D eigenvalue weighted by atomic mass is 10.2. The van der Waals surface area contributed by atoms with Gasteiger partial charge in [-0.1, -0.05) is 41.9 Å². The predicted octanol–water partition coefficient (Wildman–Crippen LogP) is 4.12. The van der Waals surface area contributed by atoms with Crippen LogP contribution < -0.4 is 5.48 Å². The van der Waals surface area contributed by atoms with E-state index in [0.717, 1.165) is 5.56 Å². The average Bonchev–Trinajstić information content (AvgIpc) is 2.80. The first kappa shape index (κ1) is 26.6. The number of hydrogen-bond acceptors (Lipinski definition) is 10. The Morgan fingerprint density at radius 3 is 2.03 bits per heavy atom. The van der Waals surface area contributed by atoms with Gasteiger partial charge in [0, 0.05) is 12.4 Å². The van der Waals surface area contributed by atoms with Crippen LogP contribution in [0.2, 0.25) is 5.15 Å². The number of carbonyl (C=O) groups excluding carboxylic acids is 2. The van der Waals surface area contributed by atoms with Gasteiger partial charge in [0.25, 0.3) is 0 Å². The van der Waals surface area contributed by atoms with Crippen LogP contribution in [0, 0.1) is 13.8 Å². The summed E-state index contributed by atoms with van der Waals surface area (Å²) in [5, 5.41) is 0.131. The summed E-state index contributed by atoms with van der Waals surface area (Å²) in [4.78, 5) is 44.2. The zero-order valence-electron chi connectivity index (χ0n) is 19.4. The van der Waals surface area contributed by atoms with Crippen molar-refractivity contribution in [2.75, 3.05) is 18.7 Å². The highest BCUT2D eigenvalue weighted by Crippen LogP contribution is 2.14. The lowest BCUT2D eigenvalue weighted by Gasteiger charge is -2.10. The molecular weight excluding hydrogens is 462 g/mol. The van der Waals surface area contributed by atoms with Crippen LogP contribution in [-0.4, -0.2) is 45.1 Å². The Morgan fingerprint density at radius 2 is 1.44 bits per heavy atom. The Bertz CT molecular complexity index is 1100. The van der Waals surface area contributed by atoms with Gasteiger partial charge in [-0.15, -0.1) is 0 Å². The maximum Gasteiger partial charge on any atom is 0.343 e. The summed E-state index contributed by atoms with van der Waals surface area (Å²) < 4.78 is 9.70. The van der Waals surface area contributed by atoms with Gasteiger partial charge < -0.3 is 9.47 Å². The Balaban J connectivity index is 0.000000270. The molecule has 0 spiro atoms. The van der Waals surface area contributed by atoms with E-state index < -0.39 is 11.9 Å². The smallest absolute Gasteiger partial charge is 0.343 e. The molecule has 0 saturated heterocycles. The molecule has 10 nitrogen and oxygen atoms in total. The minimum Gasteiger partial charge on any atom is -0.462 e. The molecule has 0 atom stereocenters. The van der Waals surface area contributed by atoms with Crippen molar-refractivity contribution in [3.63, 3.8) is 0 Å². The van der Waals surface area contributed by atoms with Crippen molar-refractivity contribution < 1.29 is 23.9 Å². The van der Waals surface area contributed by atoms with E-state index in [1.165, 1.54) is 12.4 Å². The van der Waals surface area contributed by atoms with Gasteiger partial charge >= 0.3 is 11.9 Å². The third-order valence-electron chi connectivity index (χ3n) is 4.01. The second-order valence-corrected chi connectivity index (χ2v) is 6.98. The number of nitrogens with one attached hydrogen (secondary N) is 1. The van der Waals surface area contributed by atoms with E-state index >= 15 is 0 Å². The van der Waals surface area contributed by atoms with E-state index in [0.29, 0.717) is 30.7 Å². The minimum absolute atomic E-state index is 0.131. The van der Waals surface area contributed by atoms with E-state index in [4.69, 9.17) is 25.9 Å².